The molecule has 6 N–H and O–H groups in total. The molecule has 8 heavy (non-hydrogen) atoms. The summed E-state index contributed by atoms with van der Waals surface area (Å²) in [6.45, 7) is 0.302. The van der Waals surface area contributed by atoms with Crippen molar-refractivity contribution in [1.29, 1.82) is 0 Å². The van der Waals surface area contributed by atoms with E-state index in [1.807, 2.05) is 0 Å². The Bertz CT molecular complexity index is 68.3. The molecule has 0 saturated carbocycles. The highest BCUT2D eigenvalue weighted by Crippen LogP contribution is 1.94. The van der Waals surface area contributed by atoms with Gasteiger partial charge in [0.1, 0.15) is 0 Å². The summed E-state index contributed by atoms with van der Waals surface area (Å²) in [5.74, 6) is 0. The molecule has 0 bridgehead atoms. The minimum atomic E-state index is -3.02. The molecule has 4 nitrogen and oxygen atoms in total. The second-order valence-corrected chi connectivity index (χ2v) is 4.60. The van der Waals surface area contributed by atoms with Gasteiger partial charge in [-0.2, -0.15) is 0 Å². The maximum atomic E-state index is 8.81. The van der Waals surface area contributed by atoms with Gasteiger partial charge in [-0.1, -0.05) is 0 Å². The van der Waals surface area contributed by atoms with Crippen molar-refractivity contribution in [2.75, 3.05) is 12.7 Å². The van der Waals surface area contributed by atoms with Crippen molar-refractivity contribution in [2.24, 2.45) is 11.5 Å². The molecule has 0 aliphatic heterocycles. The molecule has 0 amide bonds. The Hall–Kier alpha value is 0.0569. The van der Waals surface area contributed by atoms with Gasteiger partial charge in [0, 0.05) is 12.2 Å². The molecule has 5 heteroatoms. The summed E-state index contributed by atoms with van der Waals surface area (Å²) in [6.07, 6.45) is -0.0236. The topological polar surface area (TPSA) is 92.5 Å². The first-order chi connectivity index (χ1) is 3.62. The van der Waals surface area contributed by atoms with Crippen LogP contribution in [0.15, 0.2) is 0 Å². The molecule has 0 heterocycles. The number of hydrogen-bond acceptors (Lipinski definition) is 4. The van der Waals surface area contributed by atoms with E-state index >= 15 is 0 Å². The summed E-state index contributed by atoms with van der Waals surface area (Å²) in [7, 11) is -3.02. The van der Waals surface area contributed by atoms with Gasteiger partial charge in [0.15, 0.2) is 0 Å². The summed E-state index contributed by atoms with van der Waals surface area (Å²) in [4.78, 5) is 17.6. The summed E-state index contributed by atoms with van der Waals surface area (Å²) >= 11 is 0. The third kappa shape index (κ3) is 3.11. The van der Waals surface area contributed by atoms with Crippen molar-refractivity contribution >= 4 is 8.56 Å². The zero-order valence-electron chi connectivity index (χ0n) is 4.67. The van der Waals surface area contributed by atoms with E-state index in [0.717, 1.165) is 0 Å². The van der Waals surface area contributed by atoms with Crippen LogP contribution in [0.3, 0.4) is 0 Å². The van der Waals surface area contributed by atoms with Crippen LogP contribution < -0.4 is 11.5 Å². The van der Waals surface area contributed by atoms with Gasteiger partial charge in [0.05, 0.1) is 0 Å². The fraction of sp³-hybridized carbons (Fsp3) is 1.00. The van der Waals surface area contributed by atoms with Crippen molar-refractivity contribution < 1.29 is 9.59 Å². The predicted octanol–water partition coefficient (Wildman–Crippen LogP) is -2.13. The maximum Gasteiger partial charge on any atom is 0.348 e. The van der Waals surface area contributed by atoms with Gasteiger partial charge >= 0.3 is 8.56 Å². The smallest absolute Gasteiger partial charge is 0.348 e. The average Bonchev–Trinajstić information content (AvgIpc) is 1.67. The zero-order chi connectivity index (χ0) is 6.62. The monoisotopic (exact) mass is 136 g/mol. The van der Waals surface area contributed by atoms with Crippen LogP contribution in [0.25, 0.3) is 0 Å². The molecule has 0 aliphatic carbocycles. The van der Waals surface area contributed by atoms with E-state index < -0.39 is 8.56 Å². The van der Waals surface area contributed by atoms with Gasteiger partial charge < -0.3 is 21.1 Å². The lowest BCUT2D eigenvalue weighted by molar-refractivity contribution is 0.361. The van der Waals surface area contributed by atoms with Gasteiger partial charge in [-0.25, -0.2) is 0 Å². The minimum Gasteiger partial charge on any atom is -0.410 e. The van der Waals surface area contributed by atoms with E-state index in [2.05, 4.69) is 0 Å². The summed E-state index contributed by atoms with van der Waals surface area (Å²) in [5, 5.41) is 0. The largest absolute Gasteiger partial charge is 0.410 e. The molecule has 0 radical (unpaired) electrons. The first kappa shape index (κ1) is 8.06. The van der Waals surface area contributed by atoms with Crippen molar-refractivity contribution in [3.8, 4) is 0 Å². The first-order valence-corrected chi connectivity index (χ1v) is 4.78. The molecule has 0 fully saturated rings. The summed E-state index contributed by atoms with van der Waals surface area (Å²) in [5.41, 5.74) is 10.0. The van der Waals surface area contributed by atoms with Crippen LogP contribution >= 0.6 is 0 Å². The molecular formula is C3H12N2O2Si. The fourth-order valence-corrected chi connectivity index (χ4v) is 1.000. The van der Waals surface area contributed by atoms with Gasteiger partial charge in [-0.3, -0.25) is 0 Å². The van der Waals surface area contributed by atoms with Gasteiger partial charge in [-0.15, -0.1) is 0 Å². The highest BCUT2D eigenvalue weighted by atomic mass is 28.4. The maximum absolute atomic E-state index is 8.81. The molecule has 0 unspecified atom stereocenters. The molecule has 0 aromatic heterocycles. The van der Waals surface area contributed by atoms with Gasteiger partial charge in [0.2, 0.25) is 0 Å². The Morgan fingerprint density at radius 3 is 1.88 bits per heavy atom. The Labute approximate surface area is 49.4 Å². The lowest BCUT2D eigenvalue weighted by atomic mass is 10.8. The third-order valence-corrected chi connectivity index (χ3v) is 2.61. The Kier molecular flexibility index (Phi) is 3.18. The second kappa shape index (κ2) is 3.16. The van der Waals surface area contributed by atoms with Crippen molar-refractivity contribution in [3.63, 3.8) is 0 Å². The number of hydrogen-bond donors (Lipinski definition) is 4. The lowest BCUT2D eigenvalue weighted by Gasteiger charge is -2.12. The van der Waals surface area contributed by atoms with Crippen molar-refractivity contribution in [2.45, 2.75) is 6.04 Å². The van der Waals surface area contributed by atoms with Crippen LogP contribution in [-0.2, 0) is 0 Å². The normalized spacial score (nSPS) is 12.0. The molecule has 0 atom stereocenters. The van der Waals surface area contributed by atoms with Crippen molar-refractivity contribution in [1.82, 2.24) is 0 Å². The molecule has 0 aromatic rings. The van der Waals surface area contributed by atoms with Crippen molar-refractivity contribution in [3.05, 3.63) is 0 Å². The van der Waals surface area contributed by atoms with Gasteiger partial charge in [-0.05, 0) is 6.54 Å². The third-order valence-electron chi connectivity index (χ3n) is 0.872. The van der Waals surface area contributed by atoms with Crippen LogP contribution in [0.5, 0.6) is 0 Å². The van der Waals surface area contributed by atoms with Crippen LogP contribution in [-0.4, -0.2) is 30.9 Å². The molecule has 0 spiro atoms. The Morgan fingerprint density at radius 1 is 1.25 bits per heavy atom. The number of nitrogens with two attached hydrogens (primary N) is 2. The van der Waals surface area contributed by atoms with Crippen LogP contribution in [0.2, 0.25) is 6.04 Å². The molecule has 0 aliphatic rings. The molecule has 0 rings (SSSR count). The second-order valence-electron chi connectivity index (χ2n) is 1.73. The van der Waals surface area contributed by atoms with E-state index in [9.17, 15) is 0 Å². The van der Waals surface area contributed by atoms with E-state index in [4.69, 9.17) is 21.1 Å². The van der Waals surface area contributed by atoms with E-state index in [1.165, 1.54) is 0 Å². The van der Waals surface area contributed by atoms with E-state index in [1.54, 1.807) is 0 Å². The van der Waals surface area contributed by atoms with Crippen LogP contribution in [0, 0.1) is 0 Å². The standard InChI is InChI=1S/C3H12N2O2Si/c4-1-2-8(6,7)3-5/h6-7H,1-5H2. The number of rotatable bonds is 3. The first-order valence-electron chi connectivity index (χ1n) is 2.47. The predicted molar refractivity (Wildman–Crippen MR) is 33.1 cm³/mol. The van der Waals surface area contributed by atoms with E-state index in [-0.39, 0.29) is 12.2 Å². The van der Waals surface area contributed by atoms with E-state index in [0.29, 0.717) is 6.54 Å². The quantitative estimate of drug-likeness (QED) is 0.333. The SMILES string of the molecule is NCC[Si](O)(O)CN. The lowest BCUT2D eigenvalue weighted by Crippen LogP contribution is -2.45. The highest BCUT2D eigenvalue weighted by Gasteiger charge is 2.24. The molecule has 50 valence electrons. The summed E-state index contributed by atoms with van der Waals surface area (Å²) < 4.78 is 0. The fourth-order valence-electron chi connectivity index (χ4n) is 0.333. The molecule has 0 aromatic carbocycles. The Balaban J connectivity index is 3.37. The molecule has 0 saturated heterocycles. The van der Waals surface area contributed by atoms with Gasteiger partial charge in [0.25, 0.3) is 0 Å². The molecular weight excluding hydrogens is 124 g/mol. The Morgan fingerprint density at radius 2 is 1.75 bits per heavy atom. The highest BCUT2D eigenvalue weighted by molar-refractivity contribution is 6.64. The zero-order valence-corrected chi connectivity index (χ0v) is 5.67. The van der Waals surface area contributed by atoms with Crippen LogP contribution in [0.4, 0.5) is 0 Å². The average molecular weight is 136 g/mol. The van der Waals surface area contributed by atoms with Crippen LogP contribution in [0.1, 0.15) is 0 Å². The summed E-state index contributed by atoms with van der Waals surface area (Å²) in [6, 6.07) is 0.267. The minimum absolute atomic E-state index is 0.0236.